The number of aromatic nitrogens is 4. The molecule has 0 unspecified atom stereocenters. The van der Waals surface area contributed by atoms with E-state index in [1.807, 2.05) is 31.2 Å². The van der Waals surface area contributed by atoms with Gasteiger partial charge in [0.1, 0.15) is 0 Å². The number of anilines is 1. The van der Waals surface area contributed by atoms with Crippen LogP contribution in [0.2, 0.25) is 5.02 Å². The number of carbonyl (C=O) groups is 1. The Balaban J connectivity index is 1.66. The van der Waals surface area contributed by atoms with Crippen molar-refractivity contribution in [3.05, 3.63) is 52.7 Å². The topological polar surface area (TPSA) is 72.7 Å². The second kappa shape index (κ2) is 8.42. The van der Waals surface area contributed by atoms with Crippen molar-refractivity contribution in [1.82, 2.24) is 19.7 Å². The maximum Gasteiger partial charge on any atom is 0.417 e. The number of hydrogen-bond donors (Lipinski definition) is 1. The number of nitrogens with zero attached hydrogens (tertiary/aromatic N) is 4. The molecule has 0 spiro atoms. The monoisotopic (exact) mass is 441 g/mol. The minimum absolute atomic E-state index is 0.0429. The first-order chi connectivity index (χ1) is 13.7. The van der Waals surface area contributed by atoms with Gasteiger partial charge in [-0.3, -0.25) is 4.79 Å². The molecule has 2 aromatic heterocycles. The molecule has 29 heavy (non-hydrogen) atoms. The lowest BCUT2D eigenvalue weighted by molar-refractivity contribution is -0.137. The van der Waals surface area contributed by atoms with Gasteiger partial charge in [0.25, 0.3) is 0 Å². The highest BCUT2D eigenvalue weighted by Gasteiger charge is 2.31. The van der Waals surface area contributed by atoms with Crippen molar-refractivity contribution in [3.63, 3.8) is 0 Å². The van der Waals surface area contributed by atoms with Crippen LogP contribution in [0.1, 0.15) is 11.1 Å². The molecule has 3 aromatic rings. The Morgan fingerprint density at radius 2 is 2.00 bits per heavy atom. The van der Waals surface area contributed by atoms with Crippen molar-refractivity contribution >= 4 is 35.1 Å². The summed E-state index contributed by atoms with van der Waals surface area (Å²) in [6.45, 7) is 1.96. The molecule has 1 N–H and O–H groups in total. The van der Waals surface area contributed by atoms with Crippen LogP contribution in [-0.4, -0.2) is 31.4 Å². The zero-order valence-corrected chi connectivity index (χ0v) is 16.9. The van der Waals surface area contributed by atoms with E-state index >= 15 is 0 Å². The number of carbonyl (C=O) groups excluding carboxylic acids is 1. The van der Waals surface area contributed by atoms with Gasteiger partial charge in [0.05, 0.1) is 16.3 Å². The number of benzene rings is 1. The second-order valence-electron chi connectivity index (χ2n) is 6.07. The van der Waals surface area contributed by atoms with Gasteiger partial charge in [0, 0.05) is 18.8 Å². The molecule has 152 valence electrons. The number of thioether (sulfide) groups is 1. The summed E-state index contributed by atoms with van der Waals surface area (Å²) in [6, 6.07) is 8.44. The Labute approximate surface area is 173 Å². The Bertz CT molecular complexity index is 1050. The lowest BCUT2D eigenvalue weighted by Crippen LogP contribution is -2.16. The van der Waals surface area contributed by atoms with Crippen molar-refractivity contribution < 1.29 is 18.0 Å². The molecule has 3 rings (SSSR count). The van der Waals surface area contributed by atoms with E-state index in [0.29, 0.717) is 23.2 Å². The van der Waals surface area contributed by atoms with Crippen molar-refractivity contribution in [3.8, 4) is 11.4 Å². The van der Waals surface area contributed by atoms with Gasteiger partial charge in [-0.2, -0.15) is 13.2 Å². The normalized spacial score (nSPS) is 11.5. The third-order valence-corrected chi connectivity index (χ3v) is 5.29. The summed E-state index contributed by atoms with van der Waals surface area (Å²) < 4.78 is 39.7. The number of pyridine rings is 1. The van der Waals surface area contributed by atoms with E-state index in [0.717, 1.165) is 22.9 Å². The van der Waals surface area contributed by atoms with Gasteiger partial charge in [0.15, 0.2) is 16.8 Å². The predicted molar refractivity (Wildman–Crippen MR) is 105 cm³/mol. The molecule has 0 radical (unpaired) electrons. The molecule has 0 atom stereocenters. The maximum absolute atomic E-state index is 12.7. The summed E-state index contributed by atoms with van der Waals surface area (Å²) in [7, 11) is 1.79. The highest BCUT2D eigenvalue weighted by atomic mass is 35.5. The molecule has 0 saturated carbocycles. The van der Waals surface area contributed by atoms with E-state index < -0.39 is 17.6 Å². The largest absolute Gasteiger partial charge is 0.417 e. The fraction of sp³-hybridized carbons (Fsp3) is 0.222. The van der Waals surface area contributed by atoms with Gasteiger partial charge in [-0.25, -0.2) is 4.98 Å². The highest BCUT2D eigenvalue weighted by molar-refractivity contribution is 7.99. The molecule has 0 aliphatic heterocycles. The summed E-state index contributed by atoms with van der Waals surface area (Å²) in [5.41, 5.74) is 0.984. The van der Waals surface area contributed by atoms with E-state index in [1.54, 1.807) is 11.6 Å². The van der Waals surface area contributed by atoms with Crippen LogP contribution >= 0.6 is 23.4 Å². The first-order valence-corrected chi connectivity index (χ1v) is 9.64. The van der Waals surface area contributed by atoms with Crippen molar-refractivity contribution in [2.24, 2.45) is 7.05 Å². The average molecular weight is 442 g/mol. The lowest BCUT2D eigenvalue weighted by Gasteiger charge is -2.10. The van der Waals surface area contributed by atoms with Crippen molar-refractivity contribution in [2.45, 2.75) is 18.3 Å². The van der Waals surface area contributed by atoms with Gasteiger partial charge in [-0.1, -0.05) is 47.6 Å². The summed E-state index contributed by atoms with van der Waals surface area (Å²) in [5, 5.41) is 10.9. The molecule has 0 aliphatic rings. The number of halogens is 4. The highest BCUT2D eigenvalue weighted by Crippen LogP contribution is 2.32. The number of nitrogens with one attached hydrogen (secondary N) is 1. The Hall–Kier alpha value is -2.59. The second-order valence-corrected chi connectivity index (χ2v) is 7.42. The van der Waals surface area contributed by atoms with Gasteiger partial charge in [0.2, 0.25) is 5.91 Å². The summed E-state index contributed by atoms with van der Waals surface area (Å²) in [6.07, 6.45) is -3.94. The van der Waals surface area contributed by atoms with Crippen LogP contribution < -0.4 is 5.32 Å². The van der Waals surface area contributed by atoms with Crippen molar-refractivity contribution in [1.29, 1.82) is 0 Å². The Morgan fingerprint density at radius 3 is 2.66 bits per heavy atom. The average Bonchev–Trinajstić information content (AvgIpc) is 3.01. The van der Waals surface area contributed by atoms with Crippen LogP contribution in [0.3, 0.4) is 0 Å². The number of alkyl halides is 3. The fourth-order valence-corrected chi connectivity index (χ4v) is 3.41. The number of hydrogen-bond acceptors (Lipinski definition) is 5. The van der Waals surface area contributed by atoms with Crippen molar-refractivity contribution in [2.75, 3.05) is 11.1 Å². The molecule has 0 saturated heterocycles. The Kier molecular flexibility index (Phi) is 6.13. The molecular formula is C18H15ClF3N5OS. The van der Waals surface area contributed by atoms with E-state index in [2.05, 4.69) is 20.5 Å². The minimum atomic E-state index is -4.56. The number of rotatable bonds is 5. The first-order valence-electron chi connectivity index (χ1n) is 8.27. The van der Waals surface area contributed by atoms with Crippen LogP contribution in [0.5, 0.6) is 0 Å². The van der Waals surface area contributed by atoms with Gasteiger partial charge < -0.3 is 9.88 Å². The van der Waals surface area contributed by atoms with Crippen LogP contribution in [0.25, 0.3) is 11.4 Å². The molecule has 11 heteroatoms. The molecule has 1 aromatic carbocycles. The first kappa shape index (κ1) is 21.1. The van der Waals surface area contributed by atoms with Crippen LogP contribution in [0, 0.1) is 6.92 Å². The SMILES string of the molecule is Cc1ccccc1-c1nnc(SCC(=O)Nc2ncc(C(F)(F)F)cc2Cl)n1C. The Morgan fingerprint density at radius 1 is 1.28 bits per heavy atom. The van der Waals surface area contributed by atoms with Crippen LogP contribution in [0.15, 0.2) is 41.7 Å². The zero-order valence-electron chi connectivity index (χ0n) is 15.3. The van der Waals surface area contributed by atoms with Crippen LogP contribution in [0.4, 0.5) is 19.0 Å². The summed E-state index contributed by atoms with van der Waals surface area (Å²) in [5.74, 6) is 0.00517. The number of amides is 1. The fourth-order valence-electron chi connectivity index (χ4n) is 2.48. The van der Waals surface area contributed by atoms with E-state index in [4.69, 9.17) is 11.6 Å². The van der Waals surface area contributed by atoms with E-state index in [9.17, 15) is 18.0 Å². The molecule has 0 fully saturated rings. The molecule has 0 bridgehead atoms. The molecule has 6 nitrogen and oxygen atoms in total. The maximum atomic E-state index is 12.7. The predicted octanol–water partition coefficient (Wildman–Crippen LogP) is 4.59. The molecule has 0 aliphatic carbocycles. The van der Waals surface area contributed by atoms with Gasteiger partial charge in [-0.05, 0) is 18.6 Å². The molecule has 1 amide bonds. The summed E-state index contributed by atoms with van der Waals surface area (Å²) >= 11 is 6.93. The van der Waals surface area contributed by atoms with E-state index in [-0.39, 0.29) is 16.6 Å². The standard InChI is InChI=1S/C18H15ClF3N5OS/c1-10-5-3-4-6-12(10)16-25-26-17(27(16)2)29-9-14(28)24-15-13(19)7-11(8-23-15)18(20,21)22/h3-8H,9H2,1-2H3,(H,23,24,28). The zero-order chi connectivity index (χ0) is 21.2. The number of aryl methyl sites for hydroxylation is 1. The third-order valence-electron chi connectivity index (χ3n) is 3.98. The smallest absolute Gasteiger partial charge is 0.309 e. The van der Waals surface area contributed by atoms with Gasteiger partial charge in [-0.15, -0.1) is 10.2 Å². The van der Waals surface area contributed by atoms with E-state index in [1.165, 1.54) is 0 Å². The summed E-state index contributed by atoms with van der Waals surface area (Å²) in [4.78, 5) is 15.7. The lowest BCUT2D eigenvalue weighted by atomic mass is 10.1. The molecule has 2 heterocycles. The third kappa shape index (κ3) is 4.88. The minimum Gasteiger partial charge on any atom is -0.309 e. The van der Waals surface area contributed by atoms with Crippen LogP contribution in [-0.2, 0) is 18.0 Å². The quantitative estimate of drug-likeness (QED) is 0.586. The molecular weight excluding hydrogens is 427 g/mol. The van der Waals surface area contributed by atoms with Gasteiger partial charge >= 0.3 is 6.18 Å².